The molecule has 2 aromatic heterocycles. The van der Waals surface area contributed by atoms with Gasteiger partial charge in [-0.05, 0) is 6.07 Å². The van der Waals surface area contributed by atoms with E-state index >= 15 is 0 Å². The average molecular weight is 346 g/mol. The molecule has 0 bridgehead atoms. The first kappa shape index (κ1) is 17.5. The molecule has 1 N–H and O–H groups in total. The molecular weight excluding hydrogens is 329 g/mol. The number of halogens is 3. The second kappa shape index (κ2) is 7.12. The Morgan fingerprint density at radius 1 is 1.43 bits per heavy atom. The van der Waals surface area contributed by atoms with E-state index in [1.165, 1.54) is 0 Å². The number of hydrogen-bond acceptors (Lipinski definition) is 4. The predicted octanol–water partition coefficient (Wildman–Crippen LogP) is 2.84. The van der Waals surface area contributed by atoms with E-state index in [1.807, 2.05) is 5.38 Å². The fraction of sp³-hybridized carbons (Fsp3) is 0.500. The zero-order valence-corrected chi connectivity index (χ0v) is 13.5. The number of aromatic nitrogens is 3. The van der Waals surface area contributed by atoms with E-state index in [0.29, 0.717) is 18.9 Å². The van der Waals surface area contributed by atoms with Crippen LogP contribution in [-0.4, -0.2) is 27.2 Å². The minimum absolute atomic E-state index is 0.246. The zero-order chi connectivity index (χ0) is 17.0. The van der Waals surface area contributed by atoms with Gasteiger partial charge in [0, 0.05) is 30.5 Å². The van der Waals surface area contributed by atoms with Gasteiger partial charge in [-0.2, -0.15) is 18.3 Å². The largest absolute Gasteiger partial charge is 0.435 e. The van der Waals surface area contributed by atoms with Crippen LogP contribution < -0.4 is 5.32 Å². The molecule has 23 heavy (non-hydrogen) atoms. The van der Waals surface area contributed by atoms with Crippen LogP contribution >= 0.6 is 11.3 Å². The molecule has 1 amide bonds. The Morgan fingerprint density at radius 3 is 2.74 bits per heavy atom. The highest BCUT2D eigenvalue weighted by molar-refractivity contribution is 7.09. The van der Waals surface area contributed by atoms with Gasteiger partial charge in [-0.3, -0.25) is 9.48 Å². The molecule has 0 atom stereocenters. The standard InChI is InChI=1S/C14H17F3N4OS/c1-9(2)13-19-10(8-23-13)3-5-18-12(22)7-21-6-4-11(20-21)14(15,16)17/h4,6,8-9H,3,5,7H2,1-2H3,(H,18,22). The van der Waals surface area contributed by atoms with Crippen molar-refractivity contribution in [3.05, 3.63) is 34.0 Å². The lowest BCUT2D eigenvalue weighted by Gasteiger charge is -2.05. The Morgan fingerprint density at radius 2 is 2.17 bits per heavy atom. The molecule has 0 unspecified atom stereocenters. The first-order valence-corrected chi connectivity index (χ1v) is 7.95. The lowest BCUT2D eigenvalue weighted by Crippen LogP contribution is -2.29. The van der Waals surface area contributed by atoms with Crippen molar-refractivity contribution in [1.29, 1.82) is 0 Å². The molecule has 0 saturated carbocycles. The Hall–Kier alpha value is -1.90. The molecule has 0 fully saturated rings. The smallest absolute Gasteiger partial charge is 0.354 e. The number of nitrogens with one attached hydrogen (secondary N) is 1. The highest BCUT2D eigenvalue weighted by Crippen LogP contribution is 2.27. The van der Waals surface area contributed by atoms with Gasteiger partial charge in [0.25, 0.3) is 0 Å². The molecule has 0 aliphatic rings. The lowest BCUT2D eigenvalue weighted by atomic mass is 10.2. The first-order chi connectivity index (χ1) is 10.8. The average Bonchev–Trinajstić information content (AvgIpc) is 3.07. The lowest BCUT2D eigenvalue weighted by molar-refractivity contribution is -0.141. The number of amides is 1. The predicted molar refractivity (Wildman–Crippen MR) is 80.1 cm³/mol. The number of hydrogen-bond donors (Lipinski definition) is 1. The van der Waals surface area contributed by atoms with Crippen molar-refractivity contribution in [2.24, 2.45) is 0 Å². The molecule has 2 aromatic rings. The van der Waals surface area contributed by atoms with Crippen molar-refractivity contribution in [2.75, 3.05) is 6.54 Å². The zero-order valence-electron chi connectivity index (χ0n) is 12.7. The SMILES string of the molecule is CC(C)c1nc(CCNC(=O)Cn2ccc(C(F)(F)F)n2)cs1. The summed E-state index contributed by atoms with van der Waals surface area (Å²) < 4.78 is 38.2. The van der Waals surface area contributed by atoms with Crippen LogP contribution in [0.5, 0.6) is 0 Å². The van der Waals surface area contributed by atoms with Gasteiger partial charge in [0.05, 0.1) is 10.7 Å². The van der Waals surface area contributed by atoms with E-state index in [1.54, 1.807) is 11.3 Å². The molecule has 9 heteroatoms. The summed E-state index contributed by atoms with van der Waals surface area (Å²) in [5.41, 5.74) is -0.105. The van der Waals surface area contributed by atoms with Gasteiger partial charge < -0.3 is 5.32 Å². The topological polar surface area (TPSA) is 59.8 Å². The molecule has 0 aromatic carbocycles. The van der Waals surface area contributed by atoms with Gasteiger partial charge in [0.2, 0.25) is 5.91 Å². The molecule has 126 valence electrons. The summed E-state index contributed by atoms with van der Waals surface area (Å²) in [7, 11) is 0. The third-order valence-corrected chi connectivity index (χ3v) is 4.20. The minimum atomic E-state index is -4.50. The number of rotatable bonds is 6. The van der Waals surface area contributed by atoms with Gasteiger partial charge >= 0.3 is 6.18 Å². The van der Waals surface area contributed by atoms with Gasteiger partial charge in [-0.25, -0.2) is 4.98 Å². The van der Waals surface area contributed by atoms with Crippen molar-refractivity contribution >= 4 is 17.2 Å². The van der Waals surface area contributed by atoms with Gasteiger partial charge in [0.15, 0.2) is 5.69 Å². The summed E-state index contributed by atoms with van der Waals surface area (Å²) >= 11 is 1.58. The van der Waals surface area contributed by atoms with Crippen LogP contribution in [0.15, 0.2) is 17.6 Å². The van der Waals surface area contributed by atoms with Crippen molar-refractivity contribution in [1.82, 2.24) is 20.1 Å². The molecule has 0 saturated heterocycles. The summed E-state index contributed by atoms with van der Waals surface area (Å²) in [4.78, 5) is 16.1. The highest BCUT2D eigenvalue weighted by atomic mass is 32.1. The fourth-order valence-corrected chi connectivity index (χ4v) is 2.71. The first-order valence-electron chi connectivity index (χ1n) is 7.07. The second-order valence-corrected chi connectivity index (χ2v) is 6.22. The van der Waals surface area contributed by atoms with Crippen LogP contribution in [0.3, 0.4) is 0 Å². The number of thiazole rings is 1. The van der Waals surface area contributed by atoms with E-state index in [9.17, 15) is 18.0 Å². The fourth-order valence-electron chi connectivity index (χ4n) is 1.84. The summed E-state index contributed by atoms with van der Waals surface area (Å²) in [5, 5.41) is 8.97. The maximum absolute atomic E-state index is 12.4. The Balaban J connectivity index is 1.77. The molecule has 2 heterocycles. The van der Waals surface area contributed by atoms with E-state index in [-0.39, 0.29) is 12.5 Å². The summed E-state index contributed by atoms with van der Waals surface area (Å²) in [6, 6.07) is 0.843. The summed E-state index contributed by atoms with van der Waals surface area (Å²) in [6.45, 7) is 4.26. The molecule has 0 radical (unpaired) electrons. The molecule has 5 nitrogen and oxygen atoms in total. The third-order valence-electron chi connectivity index (χ3n) is 3.00. The van der Waals surface area contributed by atoms with Crippen LogP contribution in [0.25, 0.3) is 0 Å². The number of carbonyl (C=O) groups excluding carboxylic acids is 1. The maximum atomic E-state index is 12.4. The van der Waals surface area contributed by atoms with E-state index in [0.717, 1.165) is 27.6 Å². The molecule has 0 aliphatic heterocycles. The second-order valence-electron chi connectivity index (χ2n) is 5.33. The maximum Gasteiger partial charge on any atom is 0.435 e. The molecular formula is C14H17F3N4OS. The minimum Gasteiger partial charge on any atom is -0.354 e. The normalized spacial score (nSPS) is 11.9. The van der Waals surface area contributed by atoms with Crippen LogP contribution in [0.1, 0.15) is 36.2 Å². The van der Waals surface area contributed by atoms with Crippen LogP contribution in [-0.2, 0) is 23.9 Å². The number of nitrogens with zero attached hydrogens (tertiary/aromatic N) is 3. The van der Waals surface area contributed by atoms with Crippen LogP contribution in [0.2, 0.25) is 0 Å². The number of carbonyl (C=O) groups is 1. The van der Waals surface area contributed by atoms with Crippen LogP contribution in [0, 0.1) is 0 Å². The van der Waals surface area contributed by atoms with E-state index < -0.39 is 11.9 Å². The van der Waals surface area contributed by atoms with Crippen molar-refractivity contribution < 1.29 is 18.0 Å². The molecule has 2 rings (SSSR count). The molecule has 0 spiro atoms. The quantitative estimate of drug-likeness (QED) is 0.875. The Bertz CT molecular complexity index is 663. The monoisotopic (exact) mass is 346 g/mol. The van der Waals surface area contributed by atoms with Gasteiger partial charge in [-0.15, -0.1) is 11.3 Å². The molecule has 0 aliphatic carbocycles. The van der Waals surface area contributed by atoms with Crippen molar-refractivity contribution in [3.63, 3.8) is 0 Å². The van der Waals surface area contributed by atoms with Crippen LogP contribution in [0.4, 0.5) is 13.2 Å². The summed E-state index contributed by atoms with van der Waals surface area (Å²) in [5.74, 6) is -0.0212. The Kier molecular flexibility index (Phi) is 5.40. The Labute approximate surface area is 135 Å². The van der Waals surface area contributed by atoms with Crippen molar-refractivity contribution in [2.45, 2.75) is 38.9 Å². The van der Waals surface area contributed by atoms with Crippen molar-refractivity contribution in [3.8, 4) is 0 Å². The number of alkyl halides is 3. The highest BCUT2D eigenvalue weighted by Gasteiger charge is 2.33. The third kappa shape index (κ3) is 5.05. The van der Waals surface area contributed by atoms with E-state index in [4.69, 9.17) is 0 Å². The summed E-state index contributed by atoms with van der Waals surface area (Å²) in [6.07, 6.45) is -2.78. The van der Waals surface area contributed by atoms with E-state index in [2.05, 4.69) is 29.2 Å². The van der Waals surface area contributed by atoms with Gasteiger partial charge in [0.1, 0.15) is 6.54 Å². The van der Waals surface area contributed by atoms with Gasteiger partial charge in [-0.1, -0.05) is 13.8 Å².